The van der Waals surface area contributed by atoms with Crippen molar-refractivity contribution in [3.8, 4) is 11.1 Å². The minimum Gasteiger partial charge on any atom is -0.397 e. The number of hydrogen-bond donors (Lipinski definition) is 4. The van der Waals surface area contributed by atoms with Gasteiger partial charge in [0.2, 0.25) is 11.8 Å². The number of para-hydroxylation sites is 2. The number of amides is 2. The van der Waals surface area contributed by atoms with Gasteiger partial charge in [0.1, 0.15) is 0 Å². The number of unbranched alkanes of at least 4 members (excludes halogenated alkanes) is 3. The van der Waals surface area contributed by atoms with Crippen LogP contribution in [0.3, 0.4) is 0 Å². The molecule has 2 fully saturated rings. The predicted octanol–water partition coefficient (Wildman–Crippen LogP) is 8.84. The molecule has 4 aromatic rings. The maximum absolute atomic E-state index is 12.8. The highest BCUT2D eigenvalue weighted by Gasteiger charge is 2.33. The van der Waals surface area contributed by atoms with E-state index < -0.39 is 6.29 Å². The van der Waals surface area contributed by atoms with Crippen LogP contribution in [0.25, 0.3) is 11.1 Å². The Kier molecular flexibility index (Phi) is 15.3. The second kappa shape index (κ2) is 20.9. The van der Waals surface area contributed by atoms with E-state index in [4.69, 9.17) is 15.2 Å². The zero-order valence-electron chi connectivity index (χ0n) is 32.1. The maximum atomic E-state index is 12.8. The smallest absolute Gasteiger partial charge is 0.224 e. The Morgan fingerprint density at radius 3 is 2.11 bits per heavy atom. The minimum atomic E-state index is -0.495. The van der Waals surface area contributed by atoms with Gasteiger partial charge in [0.25, 0.3) is 0 Å². The number of nitrogens with zero attached hydrogens (tertiary/aromatic N) is 1. The SMILES string of the molecule is Nc1ccccc1NC(=O)CCCCCCC(=O)NCc1ccccc1-c1ccc([C@H]2O[C@@H](CN3CCCCCCC3)C[C@@H](c3ccc(CO)cc3)O2)cc1. The molecule has 3 atom stereocenters. The molecule has 55 heavy (non-hydrogen) atoms. The fourth-order valence-electron chi connectivity index (χ4n) is 7.62. The van der Waals surface area contributed by atoms with Crippen LogP contribution in [0.4, 0.5) is 11.4 Å². The van der Waals surface area contributed by atoms with Crippen LogP contribution in [0.1, 0.15) is 112 Å². The Bertz CT molecular complexity index is 1790. The number of nitrogen functional groups attached to an aromatic ring is 1. The number of aliphatic hydroxyl groups excluding tert-OH is 1. The van der Waals surface area contributed by atoms with Crippen molar-refractivity contribution in [3.63, 3.8) is 0 Å². The van der Waals surface area contributed by atoms with Gasteiger partial charge < -0.3 is 35.8 Å². The number of nitrogens with one attached hydrogen (secondary N) is 2. The van der Waals surface area contributed by atoms with Crippen LogP contribution in [-0.4, -0.2) is 47.6 Å². The molecule has 2 heterocycles. The third-order valence-electron chi connectivity index (χ3n) is 10.8. The first kappa shape index (κ1) is 40.1. The fourth-order valence-corrected chi connectivity index (χ4v) is 7.62. The first-order chi connectivity index (χ1) is 26.9. The summed E-state index contributed by atoms with van der Waals surface area (Å²) in [4.78, 5) is 27.6. The van der Waals surface area contributed by atoms with Crippen LogP contribution in [0, 0.1) is 0 Å². The molecule has 0 radical (unpaired) electrons. The molecule has 0 saturated carbocycles. The lowest BCUT2D eigenvalue weighted by Gasteiger charge is -2.39. The number of hydrogen-bond acceptors (Lipinski definition) is 7. The number of nitrogens with two attached hydrogens (primary N) is 1. The zero-order chi connectivity index (χ0) is 38.2. The molecule has 9 nitrogen and oxygen atoms in total. The van der Waals surface area contributed by atoms with Crippen molar-refractivity contribution in [2.45, 2.75) is 109 Å². The third kappa shape index (κ3) is 12.2. The third-order valence-corrected chi connectivity index (χ3v) is 10.8. The molecule has 2 aliphatic heterocycles. The Labute approximate surface area is 326 Å². The van der Waals surface area contributed by atoms with E-state index in [1.165, 1.54) is 32.1 Å². The number of carbonyl (C=O) groups is 2. The van der Waals surface area contributed by atoms with Gasteiger partial charge in [0.15, 0.2) is 6.29 Å². The van der Waals surface area contributed by atoms with Gasteiger partial charge in [-0.15, -0.1) is 0 Å². The number of anilines is 2. The van der Waals surface area contributed by atoms with Gasteiger partial charge in [0, 0.05) is 37.9 Å². The lowest BCUT2D eigenvalue weighted by molar-refractivity contribution is -0.253. The molecule has 5 N–H and O–H groups in total. The van der Waals surface area contributed by atoms with Crippen LogP contribution in [0.2, 0.25) is 0 Å². The summed E-state index contributed by atoms with van der Waals surface area (Å²) < 4.78 is 13.3. The summed E-state index contributed by atoms with van der Waals surface area (Å²) in [5, 5.41) is 15.6. The molecular weight excluding hydrogens is 689 g/mol. The lowest BCUT2D eigenvalue weighted by Crippen LogP contribution is -2.40. The summed E-state index contributed by atoms with van der Waals surface area (Å²) in [5.74, 6) is -0.0165. The second-order valence-electron chi connectivity index (χ2n) is 15.0. The summed E-state index contributed by atoms with van der Waals surface area (Å²) in [6, 6.07) is 31.9. The van der Waals surface area contributed by atoms with Crippen LogP contribution in [-0.2, 0) is 32.2 Å². The topological polar surface area (TPSA) is 126 Å². The van der Waals surface area contributed by atoms with E-state index >= 15 is 0 Å². The fraction of sp³-hybridized carbons (Fsp3) is 0.435. The van der Waals surface area contributed by atoms with E-state index in [9.17, 15) is 14.7 Å². The largest absolute Gasteiger partial charge is 0.397 e. The first-order valence-corrected chi connectivity index (χ1v) is 20.3. The van der Waals surface area contributed by atoms with Crippen molar-refractivity contribution in [1.29, 1.82) is 0 Å². The quantitative estimate of drug-likeness (QED) is 0.0667. The molecule has 0 spiro atoms. The van der Waals surface area contributed by atoms with E-state index in [0.29, 0.717) is 30.8 Å². The molecule has 0 unspecified atom stereocenters. The molecule has 2 aliphatic rings. The van der Waals surface area contributed by atoms with Gasteiger partial charge >= 0.3 is 0 Å². The van der Waals surface area contributed by atoms with Crippen LogP contribution >= 0.6 is 0 Å². The maximum Gasteiger partial charge on any atom is 0.224 e. The monoisotopic (exact) mass is 746 g/mol. The second-order valence-corrected chi connectivity index (χ2v) is 15.0. The van der Waals surface area contributed by atoms with E-state index in [0.717, 1.165) is 85.1 Å². The van der Waals surface area contributed by atoms with Gasteiger partial charge in [-0.1, -0.05) is 117 Å². The van der Waals surface area contributed by atoms with Crippen molar-refractivity contribution in [1.82, 2.24) is 10.2 Å². The van der Waals surface area contributed by atoms with Gasteiger partial charge in [0.05, 0.1) is 30.2 Å². The predicted molar refractivity (Wildman–Crippen MR) is 219 cm³/mol. The molecule has 2 saturated heterocycles. The van der Waals surface area contributed by atoms with Gasteiger partial charge in [-0.2, -0.15) is 0 Å². The number of carbonyl (C=O) groups excluding carboxylic acids is 2. The highest BCUT2D eigenvalue weighted by molar-refractivity contribution is 5.93. The highest BCUT2D eigenvalue weighted by Crippen LogP contribution is 2.39. The molecule has 4 aromatic carbocycles. The molecule has 0 aromatic heterocycles. The number of ether oxygens (including phenoxy) is 2. The molecule has 6 rings (SSSR count). The van der Waals surface area contributed by atoms with Crippen molar-refractivity contribution in [2.75, 3.05) is 30.7 Å². The Morgan fingerprint density at radius 1 is 0.727 bits per heavy atom. The van der Waals surface area contributed by atoms with Crippen LogP contribution < -0.4 is 16.4 Å². The van der Waals surface area contributed by atoms with E-state index in [1.54, 1.807) is 12.1 Å². The lowest BCUT2D eigenvalue weighted by atomic mass is 9.97. The highest BCUT2D eigenvalue weighted by atomic mass is 16.7. The molecule has 292 valence electrons. The van der Waals surface area contributed by atoms with Crippen molar-refractivity contribution in [3.05, 3.63) is 119 Å². The van der Waals surface area contributed by atoms with Gasteiger partial charge in [-0.05, 0) is 78.7 Å². The number of aliphatic hydroxyl groups is 1. The molecule has 9 heteroatoms. The van der Waals surface area contributed by atoms with Gasteiger partial charge in [-0.3, -0.25) is 9.59 Å². The van der Waals surface area contributed by atoms with Crippen LogP contribution in [0.15, 0.2) is 97.1 Å². The summed E-state index contributed by atoms with van der Waals surface area (Å²) in [6.45, 7) is 3.59. The minimum absolute atomic E-state index is 0.0218. The van der Waals surface area contributed by atoms with E-state index in [1.807, 2.05) is 36.4 Å². The molecule has 0 bridgehead atoms. The number of benzene rings is 4. The Hall–Kier alpha value is -4.54. The van der Waals surface area contributed by atoms with E-state index in [-0.39, 0.29) is 30.6 Å². The summed E-state index contributed by atoms with van der Waals surface area (Å²) in [5.41, 5.74) is 13.3. The van der Waals surface area contributed by atoms with Crippen molar-refractivity contribution in [2.24, 2.45) is 0 Å². The zero-order valence-corrected chi connectivity index (χ0v) is 32.1. The van der Waals surface area contributed by atoms with Gasteiger partial charge in [-0.25, -0.2) is 0 Å². The standard InChI is InChI=1S/C46H58N4O5/c47-41-16-10-11-17-42(41)49-45(53)19-7-3-2-6-18-44(52)48-31-38-14-8-9-15-40(38)35-24-26-37(27-25-35)46-54-39(32-50-28-12-4-1-5-13-29-50)30-43(55-46)36-22-20-34(33-51)21-23-36/h8-11,14-17,20-27,39,43,46,51H,1-7,12-13,18-19,28-33,47H2,(H,48,52)(H,49,53)/t39-,43+,46+/m1/s1. The Morgan fingerprint density at radius 2 is 1.38 bits per heavy atom. The normalized spacial score (nSPS) is 19.3. The summed E-state index contributed by atoms with van der Waals surface area (Å²) >= 11 is 0. The number of likely N-dealkylation sites (tertiary alicyclic amines) is 1. The molecular formula is C46H58N4O5. The average molecular weight is 747 g/mol. The van der Waals surface area contributed by atoms with Crippen molar-refractivity contribution >= 4 is 23.2 Å². The van der Waals surface area contributed by atoms with Crippen molar-refractivity contribution < 1.29 is 24.2 Å². The number of rotatable bonds is 16. The summed E-state index contributed by atoms with van der Waals surface area (Å²) in [7, 11) is 0. The Balaban J connectivity index is 1.01. The summed E-state index contributed by atoms with van der Waals surface area (Å²) in [6.07, 6.45) is 10.8. The molecule has 2 amide bonds. The average Bonchev–Trinajstić information content (AvgIpc) is 3.20. The molecule has 0 aliphatic carbocycles. The van der Waals surface area contributed by atoms with Crippen LogP contribution in [0.5, 0.6) is 0 Å². The first-order valence-electron chi connectivity index (χ1n) is 20.3. The van der Waals surface area contributed by atoms with E-state index in [2.05, 4.69) is 64.1 Å².